The van der Waals surface area contributed by atoms with Crippen molar-refractivity contribution in [1.29, 1.82) is 0 Å². The van der Waals surface area contributed by atoms with E-state index < -0.39 is 18.0 Å². The minimum atomic E-state index is -0.831. The first-order valence-corrected chi connectivity index (χ1v) is 9.05. The first-order chi connectivity index (χ1) is 12.9. The molecule has 27 heavy (non-hydrogen) atoms. The quantitative estimate of drug-likeness (QED) is 0.893. The zero-order valence-corrected chi connectivity index (χ0v) is 15.4. The Balaban J connectivity index is 1.51. The summed E-state index contributed by atoms with van der Waals surface area (Å²) < 4.78 is 16.7. The molecule has 1 fully saturated rings. The standard InChI is InChI=1S/C21H23NO5/c1-21(2)26-12-16-10-15(8-9-19(16)27-21)18(23)11-22-17(13-25-20(22)24)14-6-4-3-5-7-14/h3-10,17-18,23H,11-13H2,1-2H3/t17-,18-/m1/s1. The zero-order chi connectivity index (χ0) is 19.0. The van der Waals surface area contributed by atoms with E-state index in [0.717, 1.165) is 16.9 Å². The minimum Gasteiger partial charge on any atom is -0.463 e. The largest absolute Gasteiger partial charge is 0.463 e. The number of aliphatic hydroxyl groups is 1. The van der Waals surface area contributed by atoms with Crippen molar-refractivity contribution in [3.05, 3.63) is 65.2 Å². The van der Waals surface area contributed by atoms with E-state index in [1.165, 1.54) is 0 Å². The van der Waals surface area contributed by atoms with Crippen molar-refractivity contribution in [3.63, 3.8) is 0 Å². The molecule has 6 nitrogen and oxygen atoms in total. The Bertz CT molecular complexity index is 836. The Labute approximate surface area is 158 Å². The smallest absolute Gasteiger partial charge is 0.410 e. The van der Waals surface area contributed by atoms with Crippen LogP contribution < -0.4 is 4.74 Å². The van der Waals surface area contributed by atoms with Crippen LogP contribution in [0.1, 0.15) is 42.7 Å². The predicted octanol–water partition coefficient (Wildman–Crippen LogP) is 3.56. The van der Waals surface area contributed by atoms with Gasteiger partial charge in [-0.05, 0) is 23.3 Å². The zero-order valence-electron chi connectivity index (χ0n) is 15.4. The minimum absolute atomic E-state index is 0.157. The van der Waals surface area contributed by atoms with Gasteiger partial charge >= 0.3 is 6.09 Å². The molecule has 1 N–H and O–H groups in total. The van der Waals surface area contributed by atoms with Crippen LogP contribution in [0.25, 0.3) is 0 Å². The predicted molar refractivity (Wildman–Crippen MR) is 98.1 cm³/mol. The summed E-state index contributed by atoms with van der Waals surface area (Å²) in [5, 5.41) is 10.7. The number of aliphatic hydroxyl groups excluding tert-OH is 1. The number of fused-ring (bicyclic) bond motifs is 1. The highest BCUT2D eigenvalue weighted by atomic mass is 16.7. The second-order valence-electron chi connectivity index (χ2n) is 7.33. The Morgan fingerprint density at radius 3 is 2.78 bits per heavy atom. The van der Waals surface area contributed by atoms with Crippen LogP contribution in [-0.2, 0) is 16.1 Å². The summed E-state index contributed by atoms with van der Waals surface area (Å²) >= 11 is 0. The summed E-state index contributed by atoms with van der Waals surface area (Å²) in [4.78, 5) is 13.8. The summed E-state index contributed by atoms with van der Waals surface area (Å²) in [6, 6.07) is 15.0. The molecule has 0 spiro atoms. The molecule has 2 aliphatic rings. The van der Waals surface area contributed by atoms with E-state index in [9.17, 15) is 9.90 Å². The molecule has 0 bridgehead atoms. The molecular weight excluding hydrogens is 346 g/mol. The summed E-state index contributed by atoms with van der Waals surface area (Å²) in [7, 11) is 0. The van der Waals surface area contributed by atoms with E-state index in [0.29, 0.717) is 12.2 Å². The average molecular weight is 369 g/mol. The van der Waals surface area contributed by atoms with E-state index in [4.69, 9.17) is 14.2 Å². The fourth-order valence-corrected chi connectivity index (χ4v) is 3.46. The van der Waals surface area contributed by atoms with Gasteiger partial charge in [-0.3, -0.25) is 4.90 Å². The average Bonchev–Trinajstić information content (AvgIpc) is 3.02. The number of amides is 1. The lowest BCUT2D eigenvalue weighted by molar-refractivity contribution is -0.180. The van der Waals surface area contributed by atoms with Gasteiger partial charge in [0.1, 0.15) is 12.4 Å². The van der Waals surface area contributed by atoms with E-state index in [2.05, 4.69) is 0 Å². The molecule has 2 aromatic carbocycles. The molecule has 0 radical (unpaired) electrons. The third-order valence-corrected chi connectivity index (χ3v) is 4.93. The number of β-amino-alcohol motifs (C(OH)–C–C–N with tert-alkyl or cyclic N) is 1. The molecule has 0 saturated carbocycles. The SMILES string of the molecule is CC1(C)OCc2cc([C@H](O)CN3C(=O)OC[C@@H]3c3ccccc3)ccc2O1. The van der Waals surface area contributed by atoms with Crippen LogP contribution in [0.4, 0.5) is 4.79 Å². The summed E-state index contributed by atoms with van der Waals surface area (Å²) in [5.41, 5.74) is 2.59. The number of hydrogen-bond donors (Lipinski definition) is 1. The van der Waals surface area contributed by atoms with Crippen molar-refractivity contribution >= 4 is 6.09 Å². The van der Waals surface area contributed by atoms with Gasteiger partial charge in [-0.15, -0.1) is 0 Å². The summed E-state index contributed by atoms with van der Waals surface area (Å²) in [6.45, 7) is 4.59. The highest BCUT2D eigenvalue weighted by Gasteiger charge is 2.35. The lowest BCUT2D eigenvalue weighted by Crippen LogP contribution is -2.35. The number of benzene rings is 2. The van der Waals surface area contributed by atoms with Crippen LogP contribution in [0.2, 0.25) is 0 Å². The number of rotatable bonds is 4. The molecule has 2 aromatic rings. The third-order valence-electron chi connectivity index (χ3n) is 4.93. The van der Waals surface area contributed by atoms with Crippen LogP contribution in [0.3, 0.4) is 0 Å². The molecular formula is C21H23NO5. The van der Waals surface area contributed by atoms with Gasteiger partial charge in [0.2, 0.25) is 5.79 Å². The summed E-state index contributed by atoms with van der Waals surface area (Å²) in [6.07, 6.45) is -1.24. The maximum absolute atomic E-state index is 12.2. The van der Waals surface area contributed by atoms with Crippen LogP contribution in [0, 0.1) is 0 Å². The van der Waals surface area contributed by atoms with Crippen molar-refractivity contribution in [2.24, 2.45) is 0 Å². The number of carbonyl (C=O) groups excluding carboxylic acids is 1. The number of hydrogen-bond acceptors (Lipinski definition) is 5. The molecule has 2 atom stereocenters. The fourth-order valence-electron chi connectivity index (χ4n) is 3.46. The lowest BCUT2D eigenvalue weighted by atomic mass is 10.0. The first kappa shape index (κ1) is 17.8. The first-order valence-electron chi connectivity index (χ1n) is 9.05. The maximum Gasteiger partial charge on any atom is 0.410 e. The molecule has 1 saturated heterocycles. The maximum atomic E-state index is 12.2. The molecule has 0 aromatic heterocycles. The van der Waals surface area contributed by atoms with E-state index in [1.807, 2.05) is 62.4 Å². The number of carbonyl (C=O) groups is 1. The van der Waals surface area contributed by atoms with Crippen molar-refractivity contribution in [3.8, 4) is 5.75 Å². The highest BCUT2D eigenvalue weighted by molar-refractivity contribution is 5.70. The molecule has 2 heterocycles. The Kier molecular flexibility index (Phi) is 4.53. The highest BCUT2D eigenvalue weighted by Crippen LogP contribution is 2.34. The molecule has 2 aliphatic heterocycles. The number of cyclic esters (lactones) is 1. The van der Waals surface area contributed by atoms with Gasteiger partial charge in [0.25, 0.3) is 0 Å². The van der Waals surface area contributed by atoms with Gasteiger partial charge in [0, 0.05) is 19.4 Å². The lowest BCUT2D eigenvalue weighted by Gasteiger charge is -2.33. The van der Waals surface area contributed by atoms with Gasteiger partial charge in [-0.25, -0.2) is 4.79 Å². The van der Waals surface area contributed by atoms with Crippen molar-refractivity contribution in [2.45, 2.75) is 38.4 Å². The molecule has 0 unspecified atom stereocenters. The van der Waals surface area contributed by atoms with Gasteiger partial charge in [-0.1, -0.05) is 36.4 Å². The van der Waals surface area contributed by atoms with Gasteiger partial charge in [0.05, 0.1) is 25.3 Å². The molecule has 142 valence electrons. The van der Waals surface area contributed by atoms with Crippen LogP contribution in [0.15, 0.2) is 48.5 Å². The molecule has 6 heteroatoms. The van der Waals surface area contributed by atoms with Gasteiger partial charge in [-0.2, -0.15) is 0 Å². The number of nitrogens with zero attached hydrogens (tertiary/aromatic N) is 1. The fraction of sp³-hybridized carbons (Fsp3) is 0.381. The van der Waals surface area contributed by atoms with E-state index >= 15 is 0 Å². The molecule has 0 aliphatic carbocycles. The Hall–Kier alpha value is -2.57. The second kappa shape index (κ2) is 6.87. The second-order valence-corrected chi connectivity index (χ2v) is 7.33. The normalized spacial score (nSPS) is 22.0. The van der Waals surface area contributed by atoms with Gasteiger partial charge in [0.15, 0.2) is 0 Å². The van der Waals surface area contributed by atoms with Crippen molar-refractivity contribution < 1.29 is 24.1 Å². The van der Waals surface area contributed by atoms with Crippen LogP contribution >= 0.6 is 0 Å². The third kappa shape index (κ3) is 3.63. The summed E-state index contributed by atoms with van der Waals surface area (Å²) in [5.74, 6) is 0.0972. The van der Waals surface area contributed by atoms with Crippen LogP contribution in [0.5, 0.6) is 5.75 Å². The van der Waals surface area contributed by atoms with E-state index in [-0.39, 0.29) is 19.2 Å². The van der Waals surface area contributed by atoms with E-state index in [1.54, 1.807) is 4.90 Å². The molecule has 1 amide bonds. The monoisotopic (exact) mass is 369 g/mol. The van der Waals surface area contributed by atoms with Crippen molar-refractivity contribution in [1.82, 2.24) is 4.90 Å². The van der Waals surface area contributed by atoms with Crippen molar-refractivity contribution in [2.75, 3.05) is 13.2 Å². The number of ether oxygens (including phenoxy) is 3. The molecule has 4 rings (SSSR count). The topological polar surface area (TPSA) is 68.2 Å². The Morgan fingerprint density at radius 2 is 2.00 bits per heavy atom. The Morgan fingerprint density at radius 1 is 1.22 bits per heavy atom. The van der Waals surface area contributed by atoms with Crippen LogP contribution in [-0.4, -0.2) is 35.0 Å². The van der Waals surface area contributed by atoms with Gasteiger partial charge < -0.3 is 19.3 Å².